The van der Waals surface area contributed by atoms with Crippen LogP contribution in [-0.2, 0) is 16.6 Å². The first-order valence-corrected chi connectivity index (χ1v) is 10.2. The zero-order chi connectivity index (χ0) is 20.5. The molecule has 9 nitrogen and oxygen atoms in total. The van der Waals surface area contributed by atoms with Gasteiger partial charge in [0.05, 0.1) is 16.7 Å². The van der Waals surface area contributed by atoms with E-state index in [0.717, 1.165) is 55.9 Å². The number of hydrogen-bond donors (Lipinski definition) is 2. The minimum absolute atomic E-state index is 0.233. The third kappa shape index (κ3) is 3.56. The van der Waals surface area contributed by atoms with E-state index >= 15 is 0 Å². The standard InChI is InChI=1S/C20H28N6O3/c1-23-18-14(25-12-10-24(11-13-25)9-3-8-21)4-2-5-15(18)26(20(23)29)16-6-7-17(27)22-19(16)28/h2,4-5,16H,3,6-13,21H2,1H3,(H,22,27,28). The van der Waals surface area contributed by atoms with Crippen LogP contribution in [0.1, 0.15) is 25.3 Å². The smallest absolute Gasteiger partial charge is 0.329 e. The van der Waals surface area contributed by atoms with E-state index in [4.69, 9.17) is 5.73 Å². The Morgan fingerprint density at radius 3 is 2.59 bits per heavy atom. The SMILES string of the molecule is Cn1c(=O)n(C2CCC(=O)NC2=O)c2cccc(N3CCN(CCCN)CC3)c21. The van der Waals surface area contributed by atoms with Crippen molar-refractivity contribution in [1.29, 1.82) is 0 Å². The molecule has 2 amide bonds. The van der Waals surface area contributed by atoms with Gasteiger partial charge in [-0.3, -0.25) is 28.9 Å². The molecule has 9 heteroatoms. The van der Waals surface area contributed by atoms with Gasteiger partial charge in [0.15, 0.2) is 0 Å². The Morgan fingerprint density at radius 1 is 1.14 bits per heavy atom. The molecular weight excluding hydrogens is 372 g/mol. The van der Waals surface area contributed by atoms with Crippen molar-refractivity contribution in [1.82, 2.24) is 19.4 Å². The average molecular weight is 400 g/mol. The Morgan fingerprint density at radius 2 is 1.90 bits per heavy atom. The van der Waals surface area contributed by atoms with Crippen molar-refractivity contribution >= 4 is 28.5 Å². The Balaban J connectivity index is 1.67. The first kappa shape index (κ1) is 19.7. The highest BCUT2D eigenvalue weighted by Gasteiger charge is 2.32. The van der Waals surface area contributed by atoms with Crippen LogP contribution >= 0.6 is 0 Å². The van der Waals surface area contributed by atoms with Crippen LogP contribution in [0, 0.1) is 0 Å². The van der Waals surface area contributed by atoms with E-state index in [1.165, 1.54) is 4.57 Å². The highest BCUT2D eigenvalue weighted by Crippen LogP contribution is 2.30. The van der Waals surface area contributed by atoms with Crippen LogP contribution in [0.15, 0.2) is 23.0 Å². The Labute approximate surface area is 169 Å². The number of benzene rings is 1. The molecule has 2 aliphatic rings. The van der Waals surface area contributed by atoms with Gasteiger partial charge in [0, 0.05) is 39.6 Å². The molecule has 3 N–H and O–H groups in total. The van der Waals surface area contributed by atoms with E-state index in [-0.39, 0.29) is 18.0 Å². The highest BCUT2D eigenvalue weighted by atomic mass is 16.2. The van der Waals surface area contributed by atoms with Gasteiger partial charge in [-0.2, -0.15) is 0 Å². The van der Waals surface area contributed by atoms with Crippen molar-refractivity contribution in [3.63, 3.8) is 0 Å². The summed E-state index contributed by atoms with van der Waals surface area (Å²) in [6.45, 7) is 5.38. The van der Waals surface area contributed by atoms with Crippen molar-refractivity contribution in [3.8, 4) is 0 Å². The molecule has 0 bridgehead atoms. The summed E-state index contributed by atoms with van der Waals surface area (Å²) in [5.74, 6) is -0.692. The number of fused-ring (bicyclic) bond motifs is 1. The summed E-state index contributed by atoms with van der Waals surface area (Å²) in [6.07, 6.45) is 1.58. The molecule has 0 saturated carbocycles. The molecule has 156 valence electrons. The van der Waals surface area contributed by atoms with Gasteiger partial charge in [0.2, 0.25) is 11.8 Å². The second-order valence-corrected chi connectivity index (χ2v) is 7.79. The number of hydrogen-bond acceptors (Lipinski definition) is 6. The summed E-state index contributed by atoms with van der Waals surface area (Å²) in [5, 5.41) is 2.36. The van der Waals surface area contributed by atoms with Crippen LogP contribution in [0.3, 0.4) is 0 Å². The van der Waals surface area contributed by atoms with E-state index in [2.05, 4.69) is 15.1 Å². The molecule has 0 spiro atoms. The number of carbonyl (C=O) groups is 2. The van der Waals surface area contributed by atoms with Crippen LogP contribution in [0.2, 0.25) is 0 Å². The lowest BCUT2D eigenvalue weighted by atomic mass is 10.1. The minimum Gasteiger partial charge on any atom is -0.367 e. The lowest BCUT2D eigenvalue weighted by Crippen LogP contribution is -2.47. The van der Waals surface area contributed by atoms with Gasteiger partial charge in [-0.05, 0) is 38.1 Å². The number of carbonyl (C=O) groups excluding carboxylic acids is 2. The first-order valence-electron chi connectivity index (χ1n) is 10.2. The van der Waals surface area contributed by atoms with Crippen molar-refractivity contribution in [3.05, 3.63) is 28.7 Å². The Kier molecular flexibility index (Phi) is 5.42. The molecule has 29 heavy (non-hydrogen) atoms. The van der Waals surface area contributed by atoms with Gasteiger partial charge >= 0.3 is 5.69 Å². The van der Waals surface area contributed by atoms with Gasteiger partial charge in [-0.1, -0.05) is 6.07 Å². The molecule has 0 radical (unpaired) electrons. The van der Waals surface area contributed by atoms with Crippen LogP contribution in [0.25, 0.3) is 11.0 Å². The normalized spacial score (nSPS) is 21.0. The van der Waals surface area contributed by atoms with Gasteiger partial charge in [0.25, 0.3) is 0 Å². The number of aromatic nitrogens is 2. The molecule has 2 aromatic rings. The Hall–Kier alpha value is -2.65. The van der Waals surface area contributed by atoms with E-state index in [1.54, 1.807) is 11.6 Å². The first-order chi connectivity index (χ1) is 14.0. The lowest BCUT2D eigenvalue weighted by molar-refractivity contribution is -0.135. The van der Waals surface area contributed by atoms with Crippen LogP contribution < -0.4 is 21.6 Å². The maximum absolute atomic E-state index is 13.0. The fraction of sp³-hybridized carbons (Fsp3) is 0.550. The molecule has 2 saturated heterocycles. The molecule has 1 atom stereocenters. The summed E-state index contributed by atoms with van der Waals surface area (Å²) in [6, 6.07) is 5.18. The number of piperidine rings is 1. The number of piperazine rings is 1. The zero-order valence-corrected chi connectivity index (χ0v) is 16.8. The molecule has 4 rings (SSSR count). The van der Waals surface area contributed by atoms with Gasteiger partial charge in [-0.25, -0.2) is 4.79 Å². The molecule has 1 unspecified atom stereocenters. The van der Waals surface area contributed by atoms with Gasteiger partial charge in [0.1, 0.15) is 6.04 Å². The molecule has 3 heterocycles. The van der Waals surface area contributed by atoms with E-state index < -0.39 is 11.9 Å². The fourth-order valence-corrected chi connectivity index (χ4v) is 4.43. The van der Waals surface area contributed by atoms with Crippen molar-refractivity contribution in [2.45, 2.75) is 25.3 Å². The number of rotatable bonds is 5. The van der Waals surface area contributed by atoms with E-state index in [1.807, 2.05) is 18.2 Å². The van der Waals surface area contributed by atoms with Gasteiger partial charge in [-0.15, -0.1) is 0 Å². The average Bonchev–Trinajstić information content (AvgIpc) is 2.98. The Bertz CT molecular complexity index is 986. The third-order valence-electron chi connectivity index (χ3n) is 5.99. The second-order valence-electron chi connectivity index (χ2n) is 7.79. The van der Waals surface area contributed by atoms with Crippen LogP contribution in [-0.4, -0.2) is 65.1 Å². The quantitative estimate of drug-likeness (QED) is 0.673. The zero-order valence-electron chi connectivity index (χ0n) is 16.8. The second kappa shape index (κ2) is 8.00. The lowest BCUT2D eigenvalue weighted by Gasteiger charge is -2.36. The summed E-state index contributed by atoms with van der Waals surface area (Å²) in [7, 11) is 1.74. The third-order valence-corrected chi connectivity index (χ3v) is 5.99. The molecular formula is C20H28N6O3. The summed E-state index contributed by atoms with van der Waals surface area (Å²) in [5.41, 5.74) is 7.96. The molecule has 2 fully saturated rings. The van der Waals surface area contributed by atoms with Crippen molar-refractivity contribution < 1.29 is 9.59 Å². The summed E-state index contributed by atoms with van der Waals surface area (Å²) >= 11 is 0. The number of imidazole rings is 1. The molecule has 1 aromatic carbocycles. The number of aryl methyl sites for hydroxylation is 1. The topological polar surface area (TPSA) is 106 Å². The molecule has 2 aliphatic heterocycles. The van der Waals surface area contributed by atoms with Crippen LogP contribution in [0.4, 0.5) is 5.69 Å². The summed E-state index contributed by atoms with van der Waals surface area (Å²) in [4.78, 5) is 41.7. The summed E-state index contributed by atoms with van der Waals surface area (Å²) < 4.78 is 3.16. The maximum Gasteiger partial charge on any atom is 0.329 e. The van der Waals surface area contributed by atoms with Crippen LogP contribution in [0.5, 0.6) is 0 Å². The highest BCUT2D eigenvalue weighted by molar-refractivity contribution is 6.00. The molecule has 0 aliphatic carbocycles. The number of nitrogens with one attached hydrogen (secondary N) is 1. The predicted octanol–water partition coefficient (Wildman–Crippen LogP) is -0.211. The number of para-hydroxylation sites is 1. The number of nitrogens with two attached hydrogens (primary N) is 1. The largest absolute Gasteiger partial charge is 0.367 e. The number of imide groups is 1. The predicted molar refractivity (Wildman–Crippen MR) is 111 cm³/mol. The number of nitrogens with zero attached hydrogens (tertiary/aromatic N) is 4. The monoisotopic (exact) mass is 400 g/mol. The number of amides is 2. The maximum atomic E-state index is 13.0. The molecule has 1 aromatic heterocycles. The van der Waals surface area contributed by atoms with Crippen molar-refractivity contribution in [2.75, 3.05) is 44.2 Å². The van der Waals surface area contributed by atoms with Crippen molar-refractivity contribution in [2.24, 2.45) is 12.8 Å². The number of anilines is 1. The van der Waals surface area contributed by atoms with E-state index in [0.29, 0.717) is 13.0 Å². The minimum atomic E-state index is -0.660. The van der Waals surface area contributed by atoms with Gasteiger partial charge < -0.3 is 10.6 Å². The fourth-order valence-electron chi connectivity index (χ4n) is 4.43. The van der Waals surface area contributed by atoms with E-state index in [9.17, 15) is 14.4 Å².